The van der Waals surface area contributed by atoms with Gasteiger partial charge in [-0.1, -0.05) is 43.3 Å². The van der Waals surface area contributed by atoms with Gasteiger partial charge in [0.25, 0.3) is 11.4 Å². The monoisotopic (exact) mass is 364 g/mol. The quantitative estimate of drug-likeness (QED) is 0.595. The van der Waals surface area contributed by atoms with Crippen LogP contribution in [0.4, 0.5) is 4.39 Å². The second-order valence-corrected chi connectivity index (χ2v) is 6.65. The summed E-state index contributed by atoms with van der Waals surface area (Å²) in [6, 6.07) is 12.0. The van der Waals surface area contributed by atoms with Crippen LogP contribution in [0.25, 0.3) is 22.2 Å². The Morgan fingerprint density at radius 1 is 1.15 bits per heavy atom. The van der Waals surface area contributed by atoms with Crippen LogP contribution in [0, 0.1) is 5.82 Å². The Labute approximate surface area is 154 Å². The van der Waals surface area contributed by atoms with Crippen LogP contribution < -0.4 is 5.56 Å². The summed E-state index contributed by atoms with van der Waals surface area (Å²) in [7, 11) is 0. The Hall–Kier alpha value is -3.35. The molecular formula is C20H17FN4O2. The summed E-state index contributed by atoms with van der Waals surface area (Å²) < 4.78 is 19.5. The Morgan fingerprint density at radius 2 is 1.93 bits per heavy atom. The molecule has 4 aromatic rings. The first-order chi connectivity index (χ1) is 13.0. The van der Waals surface area contributed by atoms with E-state index in [1.165, 1.54) is 6.07 Å². The lowest BCUT2D eigenvalue weighted by atomic mass is 10.0. The summed E-state index contributed by atoms with van der Waals surface area (Å²) in [5, 5.41) is 11.9. The SMILES string of the molecule is CC(C)c1noc(-c2cc(Cc3n[nH]c(=O)c4ccccc34)ccc2F)n1. The van der Waals surface area contributed by atoms with Crippen LogP contribution in [0.5, 0.6) is 0 Å². The standard InChI is InChI=1S/C20H17FN4O2/c1-11(2)18-22-20(27-25-18)15-9-12(7-8-16(15)21)10-17-13-5-3-4-6-14(13)19(26)24-23-17/h3-9,11H,10H2,1-2H3,(H,24,26). The summed E-state index contributed by atoms with van der Waals surface area (Å²) in [5.41, 5.74) is 1.54. The molecule has 0 aliphatic rings. The molecule has 0 spiro atoms. The molecule has 0 aliphatic heterocycles. The van der Waals surface area contributed by atoms with Gasteiger partial charge < -0.3 is 4.52 Å². The summed E-state index contributed by atoms with van der Waals surface area (Å²) in [6.45, 7) is 3.88. The third-order valence-corrected chi connectivity index (χ3v) is 4.37. The molecule has 136 valence electrons. The highest BCUT2D eigenvalue weighted by Crippen LogP contribution is 2.25. The average Bonchev–Trinajstić information content (AvgIpc) is 3.16. The fraction of sp³-hybridized carbons (Fsp3) is 0.200. The maximum absolute atomic E-state index is 14.3. The smallest absolute Gasteiger partial charge is 0.272 e. The molecule has 6 nitrogen and oxygen atoms in total. The summed E-state index contributed by atoms with van der Waals surface area (Å²) in [5.74, 6) is 0.336. The minimum absolute atomic E-state index is 0.0884. The molecule has 27 heavy (non-hydrogen) atoms. The molecule has 0 radical (unpaired) electrons. The zero-order valence-electron chi connectivity index (χ0n) is 14.9. The second kappa shape index (κ2) is 6.75. The average molecular weight is 364 g/mol. The molecule has 4 rings (SSSR count). The number of hydrogen-bond donors (Lipinski definition) is 1. The van der Waals surface area contributed by atoms with Crippen molar-refractivity contribution in [2.24, 2.45) is 0 Å². The van der Waals surface area contributed by atoms with Crippen molar-refractivity contribution in [3.8, 4) is 11.5 Å². The van der Waals surface area contributed by atoms with E-state index in [1.54, 1.807) is 24.3 Å². The van der Waals surface area contributed by atoms with E-state index < -0.39 is 5.82 Å². The van der Waals surface area contributed by atoms with Gasteiger partial charge in [0.15, 0.2) is 5.82 Å². The van der Waals surface area contributed by atoms with Crippen molar-refractivity contribution in [1.82, 2.24) is 20.3 Å². The van der Waals surface area contributed by atoms with E-state index in [1.807, 2.05) is 26.0 Å². The van der Waals surface area contributed by atoms with Crippen molar-refractivity contribution in [3.05, 3.63) is 75.7 Å². The van der Waals surface area contributed by atoms with Gasteiger partial charge in [0, 0.05) is 17.7 Å². The normalized spacial score (nSPS) is 11.4. The van der Waals surface area contributed by atoms with E-state index in [-0.39, 0.29) is 22.9 Å². The highest BCUT2D eigenvalue weighted by Gasteiger charge is 2.16. The number of hydrogen-bond acceptors (Lipinski definition) is 5. The van der Waals surface area contributed by atoms with E-state index in [0.717, 1.165) is 10.9 Å². The molecular weight excluding hydrogens is 347 g/mol. The molecule has 2 heterocycles. The van der Waals surface area contributed by atoms with Crippen LogP contribution in [0.15, 0.2) is 51.8 Å². The van der Waals surface area contributed by atoms with Crippen molar-refractivity contribution in [1.29, 1.82) is 0 Å². The van der Waals surface area contributed by atoms with Gasteiger partial charge in [-0.25, -0.2) is 9.49 Å². The first-order valence-electron chi connectivity index (χ1n) is 8.61. The van der Waals surface area contributed by atoms with Crippen LogP contribution in [-0.2, 0) is 6.42 Å². The molecule has 0 saturated heterocycles. The number of rotatable bonds is 4. The molecule has 2 aromatic carbocycles. The van der Waals surface area contributed by atoms with E-state index in [2.05, 4.69) is 20.3 Å². The van der Waals surface area contributed by atoms with Crippen LogP contribution >= 0.6 is 0 Å². The molecule has 0 saturated carbocycles. The molecule has 0 fully saturated rings. The topological polar surface area (TPSA) is 84.7 Å². The van der Waals surface area contributed by atoms with Crippen molar-refractivity contribution in [2.45, 2.75) is 26.2 Å². The maximum Gasteiger partial charge on any atom is 0.272 e. The first kappa shape index (κ1) is 17.1. The van der Waals surface area contributed by atoms with E-state index in [9.17, 15) is 9.18 Å². The van der Waals surface area contributed by atoms with Gasteiger partial charge in [-0.2, -0.15) is 10.1 Å². The Kier molecular flexibility index (Phi) is 4.27. The minimum Gasteiger partial charge on any atom is -0.334 e. The molecule has 1 N–H and O–H groups in total. The maximum atomic E-state index is 14.3. The summed E-state index contributed by atoms with van der Waals surface area (Å²) >= 11 is 0. The lowest BCUT2D eigenvalue weighted by molar-refractivity contribution is 0.417. The van der Waals surface area contributed by atoms with Crippen LogP contribution in [0.3, 0.4) is 0 Å². The first-order valence-corrected chi connectivity index (χ1v) is 8.61. The number of halogens is 1. The number of H-pyrrole nitrogens is 1. The number of aromatic amines is 1. The fourth-order valence-corrected chi connectivity index (χ4v) is 2.92. The van der Waals surface area contributed by atoms with Gasteiger partial charge in [-0.15, -0.1) is 0 Å². The molecule has 0 bridgehead atoms. The van der Waals surface area contributed by atoms with E-state index >= 15 is 0 Å². The summed E-state index contributed by atoms with van der Waals surface area (Å²) in [4.78, 5) is 16.2. The van der Waals surface area contributed by atoms with Crippen molar-refractivity contribution in [2.75, 3.05) is 0 Å². The molecule has 7 heteroatoms. The third-order valence-electron chi connectivity index (χ3n) is 4.37. The van der Waals surface area contributed by atoms with Gasteiger partial charge in [-0.05, 0) is 23.8 Å². The van der Waals surface area contributed by atoms with Gasteiger partial charge in [0.2, 0.25) is 0 Å². The predicted molar refractivity (Wildman–Crippen MR) is 99.0 cm³/mol. The zero-order chi connectivity index (χ0) is 19.0. The lowest BCUT2D eigenvalue weighted by Gasteiger charge is -2.06. The highest BCUT2D eigenvalue weighted by molar-refractivity contribution is 5.83. The van der Waals surface area contributed by atoms with E-state index in [4.69, 9.17) is 4.52 Å². The van der Waals surface area contributed by atoms with Crippen molar-refractivity contribution in [3.63, 3.8) is 0 Å². The van der Waals surface area contributed by atoms with Crippen LogP contribution in [0.2, 0.25) is 0 Å². The predicted octanol–water partition coefficient (Wildman–Crippen LogP) is 3.83. The van der Waals surface area contributed by atoms with Gasteiger partial charge >= 0.3 is 0 Å². The molecule has 0 amide bonds. The lowest BCUT2D eigenvalue weighted by Crippen LogP contribution is -2.11. The van der Waals surface area contributed by atoms with E-state index in [0.29, 0.717) is 23.3 Å². The fourth-order valence-electron chi connectivity index (χ4n) is 2.92. The largest absolute Gasteiger partial charge is 0.334 e. The molecule has 2 aromatic heterocycles. The molecule has 0 unspecified atom stereocenters. The Bertz CT molecular complexity index is 1180. The highest BCUT2D eigenvalue weighted by atomic mass is 19.1. The third kappa shape index (κ3) is 3.23. The number of benzene rings is 2. The van der Waals surface area contributed by atoms with Gasteiger partial charge in [0.05, 0.1) is 16.6 Å². The van der Waals surface area contributed by atoms with Gasteiger partial charge in [0.1, 0.15) is 5.82 Å². The number of nitrogens with one attached hydrogen (secondary N) is 1. The van der Waals surface area contributed by atoms with Crippen molar-refractivity contribution >= 4 is 10.8 Å². The molecule has 0 atom stereocenters. The number of nitrogens with zero attached hydrogens (tertiary/aromatic N) is 3. The zero-order valence-corrected chi connectivity index (χ0v) is 14.9. The Morgan fingerprint density at radius 3 is 2.67 bits per heavy atom. The second-order valence-electron chi connectivity index (χ2n) is 6.65. The van der Waals surface area contributed by atoms with Gasteiger partial charge in [-0.3, -0.25) is 4.79 Å². The number of fused-ring (bicyclic) bond motifs is 1. The van der Waals surface area contributed by atoms with Crippen LogP contribution in [-0.4, -0.2) is 20.3 Å². The van der Waals surface area contributed by atoms with Crippen molar-refractivity contribution < 1.29 is 8.91 Å². The molecule has 0 aliphatic carbocycles. The van der Waals surface area contributed by atoms with Crippen LogP contribution in [0.1, 0.15) is 36.8 Å². The minimum atomic E-state index is -0.433. The summed E-state index contributed by atoms with van der Waals surface area (Å²) in [6.07, 6.45) is 0.426. The Balaban J connectivity index is 1.74. The number of aromatic nitrogens is 4.